The maximum absolute atomic E-state index is 10.8. The van der Waals surface area contributed by atoms with Gasteiger partial charge >= 0.3 is 0 Å². The van der Waals surface area contributed by atoms with Crippen molar-refractivity contribution in [2.24, 2.45) is 0 Å². The number of hydrogen-bond acceptors (Lipinski definition) is 3. The van der Waals surface area contributed by atoms with E-state index in [1.165, 1.54) is 0 Å². The second-order valence-electron chi connectivity index (χ2n) is 3.87. The lowest BCUT2D eigenvalue weighted by Gasteiger charge is -2.10. The van der Waals surface area contributed by atoms with Crippen molar-refractivity contribution >= 4 is 17.2 Å². The minimum absolute atomic E-state index is 0.586. The molecule has 2 rings (SSSR count). The number of hydrogen-bond donors (Lipinski definition) is 1. The lowest BCUT2D eigenvalue weighted by Crippen LogP contribution is -2.19. The monoisotopic (exact) mass is 238 g/mol. The third-order valence-corrected chi connectivity index (χ3v) is 2.54. The number of nitrogen functional groups attached to an aromatic ring is 1. The minimum atomic E-state index is -1.23. The van der Waals surface area contributed by atoms with Crippen LogP contribution in [0.4, 0.5) is 5.69 Å². The van der Waals surface area contributed by atoms with Crippen LogP contribution in [0.3, 0.4) is 0 Å². The number of aliphatic carboxylic acids is 1. The van der Waals surface area contributed by atoms with Crippen LogP contribution in [0.15, 0.2) is 60.7 Å². The third kappa shape index (κ3) is 2.77. The SMILES string of the molecule is Nc1cccc(/C(=C\C(=O)[O-])c2ccccc2)c1. The Morgan fingerprint density at radius 1 is 1.00 bits per heavy atom. The van der Waals surface area contributed by atoms with Gasteiger partial charge in [-0.1, -0.05) is 42.5 Å². The molecule has 0 fully saturated rings. The van der Waals surface area contributed by atoms with Crippen molar-refractivity contribution in [3.63, 3.8) is 0 Å². The fourth-order valence-electron chi connectivity index (χ4n) is 1.78. The molecule has 0 radical (unpaired) electrons. The van der Waals surface area contributed by atoms with Gasteiger partial charge in [-0.25, -0.2) is 0 Å². The van der Waals surface area contributed by atoms with Gasteiger partial charge in [0.05, 0.1) is 5.97 Å². The normalized spacial score (nSPS) is 11.2. The Kier molecular flexibility index (Phi) is 3.44. The van der Waals surface area contributed by atoms with Crippen LogP contribution in [-0.2, 0) is 4.79 Å². The summed E-state index contributed by atoms with van der Waals surface area (Å²) in [5.74, 6) is -1.23. The van der Waals surface area contributed by atoms with E-state index in [9.17, 15) is 9.90 Å². The average molecular weight is 238 g/mol. The molecule has 0 amide bonds. The molecule has 0 bridgehead atoms. The Morgan fingerprint density at radius 2 is 1.67 bits per heavy atom. The first kappa shape index (κ1) is 11.9. The first-order chi connectivity index (χ1) is 8.66. The van der Waals surface area contributed by atoms with Crippen molar-refractivity contribution in [1.29, 1.82) is 0 Å². The van der Waals surface area contributed by atoms with Gasteiger partial charge in [0.15, 0.2) is 0 Å². The highest BCUT2D eigenvalue weighted by molar-refractivity contribution is 5.94. The number of benzene rings is 2. The Morgan fingerprint density at radius 3 is 2.28 bits per heavy atom. The maximum atomic E-state index is 10.8. The van der Waals surface area contributed by atoms with Crippen LogP contribution in [0.25, 0.3) is 5.57 Å². The highest BCUT2D eigenvalue weighted by Crippen LogP contribution is 2.24. The summed E-state index contributed by atoms with van der Waals surface area (Å²) in [6.45, 7) is 0. The van der Waals surface area contributed by atoms with Crippen LogP contribution in [0.5, 0.6) is 0 Å². The van der Waals surface area contributed by atoms with Gasteiger partial charge in [0, 0.05) is 5.69 Å². The van der Waals surface area contributed by atoms with Gasteiger partial charge in [0.2, 0.25) is 0 Å². The first-order valence-electron chi connectivity index (χ1n) is 5.51. The molecular weight excluding hydrogens is 226 g/mol. The molecule has 0 aliphatic heterocycles. The summed E-state index contributed by atoms with van der Waals surface area (Å²) in [4.78, 5) is 10.8. The summed E-state index contributed by atoms with van der Waals surface area (Å²) in [5, 5.41) is 10.8. The fraction of sp³-hybridized carbons (Fsp3) is 0. The molecule has 2 N–H and O–H groups in total. The molecule has 0 aliphatic rings. The zero-order chi connectivity index (χ0) is 13.0. The summed E-state index contributed by atoms with van der Waals surface area (Å²) >= 11 is 0. The lowest BCUT2D eigenvalue weighted by molar-refractivity contribution is -0.297. The predicted molar refractivity (Wildman–Crippen MR) is 69.4 cm³/mol. The Labute approximate surface area is 105 Å². The van der Waals surface area contributed by atoms with Gasteiger partial charge < -0.3 is 15.6 Å². The molecule has 3 heteroatoms. The van der Waals surface area contributed by atoms with E-state index in [0.717, 1.165) is 17.2 Å². The maximum Gasteiger partial charge on any atom is 0.0649 e. The van der Waals surface area contributed by atoms with Crippen molar-refractivity contribution in [2.75, 3.05) is 5.73 Å². The van der Waals surface area contributed by atoms with Gasteiger partial charge in [-0.15, -0.1) is 0 Å². The van der Waals surface area contributed by atoms with Crippen LogP contribution >= 0.6 is 0 Å². The van der Waals surface area contributed by atoms with Gasteiger partial charge in [0.25, 0.3) is 0 Å². The molecule has 0 unspecified atom stereocenters. The molecule has 0 atom stereocenters. The molecule has 18 heavy (non-hydrogen) atoms. The van der Waals surface area contributed by atoms with E-state index >= 15 is 0 Å². The number of carboxylic acid groups (broad SMARTS) is 1. The molecule has 0 spiro atoms. The van der Waals surface area contributed by atoms with E-state index in [-0.39, 0.29) is 0 Å². The van der Waals surface area contributed by atoms with E-state index < -0.39 is 5.97 Å². The van der Waals surface area contributed by atoms with Crippen LogP contribution in [-0.4, -0.2) is 5.97 Å². The fourth-order valence-corrected chi connectivity index (χ4v) is 1.78. The molecule has 90 valence electrons. The summed E-state index contributed by atoms with van der Waals surface area (Å²) < 4.78 is 0. The van der Waals surface area contributed by atoms with Gasteiger partial charge in [-0.05, 0) is 34.9 Å². The highest BCUT2D eigenvalue weighted by atomic mass is 16.4. The molecule has 2 aromatic carbocycles. The molecule has 0 aromatic heterocycles. The van der Waals surface area contributed by atoms with Crippen molar-refractivity contribution in [3.8, 4) is 0 Å². The van der Waals surface area contributed by atoms with E-state index in [1.54, 1.807) is 18.2 Å². The minimum Gasteiger partial charge on any atom is -0.545 e. The summed E-state index contributed by atoms with van der Waals surface area (Å²) in [6.07, 6.45) is 1.09. The Bertz CT molecular complexity index is 588. The second-order valence-corrected chi connectivity index (χ2v) is 3.87. The lowest BCUT2D eigenvalue weighted by atomic mass is 9.97. The second kappa shape index (κ2) is 5.19. The predicted octanol–water partition coefficient (Wildman–Crippen LogP) is 1.45. The molecule has 0 heterocycles. The van der Waals surface area contributed by atoms with E-state index in [1.807, 2.05) is 36.4 Å². The Balaban J connectivity index is 2.54. The number of carbonyl (C=O) groups excluding carboxylic acids is 1. The smallest absolute Gasteiger partial charge is 0.0649 e. The molecule has 0 saturated carbocycles. The zero-order valence-corrected chi connectivity index (χ0v) is 9.67. The van der Waals surface area contributed by atoms with Gasteiger partial charge in [0.1, 0.15) is 0 Å². The molecule has 0 aliphatic carbocycles. The van der Waals surface area contributed by atoms with Crippen LogP contribution in [0.1, 0.15) is 11.1 Å². The molecule has 3 nitrogen and oxygen atoms in total. The summed E-state index contributed by atoms with van der Waals surface area (Å²) in [6, 6.07) is 16.4. The summed E-state index contributed by atoms with van der Waals surface area (Å²) in [7, 11) is 0. The van der Waals surface area contributed by atoms with Crippen LogP contribution in [0.2, 0.25) is 0 Å². The van der Waals surface area contributed by atoms with Crippen LogP contribution < -0.4 is 10.8 Å². The van der Waals surface area contributed by atoms with Gasteiger partial charge in [-0.3, -0.25) is 0 Å². The third-order valence-electron chi connectivity index (χ3n) is 2.54. The quantitative estimate of drug-likeness (QED) is 0.650. The Hall–Kier alpha value is -2.55. The number of anilines is 1. The number of nitrogens with two attached hydrogens (primary N) is 1. The highest BCUT2D eigenvalue weighted by Gasteiger charge is 2.04. The number of carbonyl (C=O) groups is 1. The number of rotatable bonds is 3. The average Bonchev–Trinajstić information content (AvgIpc) is 2.37. The topological polar surface area (TPSA) is 66.2 Å². The van der Waals surface area contributed by atoms with E-state index in [2.05, 4.69) is 0 Å². The standard InChI is InChI=1S/C15H13NO2/c16-13-8-4-7-12(9-13)14(10-15(17)18)11-5-2-1-3-6-11/h1-10H,16H2,(H,17,18)/p-1/b14-10-. The van der Waals surface area contributed by atoms with Gasteiger partial charge in [-0.2, -0.15) is 0 Å². The van der Waals surface area contributed by atoms with Crippen LogP contribution in [0, 0.1) is 0 Å². The van der Waals surface area contributed by atoms with E-state index in [0.29, 0.717) is 11.3 Å². The molecular formula is C15H12NO2-. The summed E-state index contributed by atoms with van der Waals surface area (Å²) in [5.41, 5.74) is 8.46. The van der Waals surface area contributed by atoms with Crippen molar-refractivity contribution in [2.45, 2.75) is 0 Å². The van der Waals surface area contributed by atoms with Crippen molar-refractivity contribution < 1.29 is 9.90 Å². The molecule has 0 saturated heterocycles. The zero-order valence-electron chi connectivity index (χ0n) is 9.67. The van der Waals surface area contributed by atoms with Crippen molar-refractivity contribution in [3.05, 3.63) is 71.8 Å². The largest absolute Gasteiger partial charge is 0.545 e. The van der Waals surface area contributed by atoms with Crippen molar-refractivity contribution in [1.82, 2.24) is 0 Å². The number of carboxylic acids is 1. The van der Waals surface area contributed by atoms with E-state index in [4.69, 9.17) is 5.73 Å². The molecule has 2 aromatic rings. The first-order valence-corrected chi connectivity index (χ1v) is 5.51.